The van der Waals surface area contributed by atoms with Gasteiger partial charge in [0.15, 0.2) is 0 Å². The number of amides is 3. The number of aliphatic carboxylic acids is 1. The van der Waals surface area contributed by atoms with Gasteiger partial charge >= 0.3 is 5.97 Å². The molecule has 0 aliphatic carbocycles. The molecule has 27 heavy (non-hydrogen) atoms. The molecule has 1 heterocycles. The fraction of sp³-hybridized carbons (Fsp3) is 0.500. The lowest BCUT2D eigenvalue weighted by Crippen LogP contribution is -2.55. The van der Waals surface area contributed by atoms with Gasteiger partial charge < -0.3 is 36.9 Å². The van der Waals surface area contributed by atoms with Gasteiger partial charge in [0.25, 0.3) is 0 Å². The second kappa shape index (κ2) is 11.2. The Bertz CT molecular complexity index is 655. The van der Waals surface area contributed by atoms with Gasteiger partial charge in [0, 0.05) is 24.1 Å². The first-order valence-electron chi connectivity index (χ1n) is 7.83. The lowest BCUT2D eigenvalue weighted by atomic mass is 10.1. The van der Waals surface area contributed by atoms with E-state index < -0.39 is 55.0 Å². The van der Waals surface area contributed by atoms with E-state index in [0.717, 1.165) is 0 Å². The van der Waals surface area contributed by atoms with E-state index in [1.807, 2.05) is 0 Å². The van der Waals surface area contributed by atoms with Crippen molar-refractivity contribution in [3.8, 4) is 0 Å². The molecule has 0 aliphatic rings. The first-order valence-corrected chi connectivity index (χ1v) is 8.46. The van der Waals surface area contributed by atoms with Crippen molar-refractivity contribution >= 4 is 36.3 Å². The van der Waals surface area contributed by atoms with Gasteiger partial charge in [-0.15, -0.1) is 0 Å². The second-order valence-corrected chi connectivity index (χ2v) is 5.86. The van der Waals surface area contributed by atoms with Crippen molar-refractivity contribution in [2.75, 3.05) is 18.9 Å². The number of nitrogens with two attached hydrogens (primary N) is 1. The Balaban J connectivity index is 2.45. The molecule has 1 rings (SSSR count). The number of carboxylic acids is 1. The predicted molar refractivity (Wildman–Crippen MR) is 95.7 cm³/mol. The van der Waals surface area contributed by atoms with Crippen molar-refractivity contribution in [1.29, 1.82) is 0 Å². The van der Waals surface area contributed by atoms with Gasteiger partial charge in [-0.3, -0.25) is 14.4 Å². The van der Waals surface area contributed by atoms with Gasteiger partial charge in [0.05, 0.1) is 25.5 Å². The summed E-state index contributed by atoms with van der Waals surface area (Å²) in [7, 11) is 0. The molecule has 13 heteroatoms. The molecule has 0 fully saturated rings. The normalized spacial score (nSPS) is 13.9. The van der Waals surface area contributed by atoms with Crippen molar-refractivity contribution in [3.63, 3.8) is 0 Å². The standard InChI is InChI=1S/C14H22N6O6S/c15-8(1-7-2-16-6-18-7)12(23)17-3-11(22)19-9(4-21)13(24)20-10(5-27)14(25)26/h2,6,8-10,21,27H,1,3-5,15H2,(H,16,18)(H,17,23)(H,19,22)(H,20,24)(H,25,26). The number of carbonyl (C=O) groups excluding carboxylic acids is 3. The van der Waals surface area contributed by atoms with E-state index in [0.29, 0.717) is 5.69 Å². The van der Waals surface area contributed by atoms with Crippen LogP contribution in [-0.2, 0) is 25.6 Å². The van der Waals surface area contributed by atoms with E-state index in [9.17, 15) is 24.3 Å². The number of aliphatic hydroxyl groups is 1. The van der Waals surface area contributed by atoms with Crippen molar-refractivity contribution in [2.24, 2.45) is 5.73 Å². The molecule has 0 saturated heterocycles. The number of rotatable bonds is 11. The van der Waals surface area contributed by atoms with Crippen molar-refractivity contribution in [3.05, 3.63) is 18.2 Å². The summed E-state index contributed by atoms with van der Waals surface area (Å²) in [5.41, 5.74) is 6.36. The second-order valence-electron chi connectivity index (χ2n) is 5.49. The number of aromatic nitrogens is 2. The number of imidazole rings is 1. The van der Waals surface area contributed by atoms with E-state index in [-0.39, 0.29) is 12.2 Å². The van der Waals surface area contributed by atoms with Crippen LogP contribution in [0.1, 0.15) is 5.69 Å². The molecule has 1 aromatic rings. The number of thiol groups is 1. The fourth-order valence-electron chi connectivity index (χ4n) is 1.92. The SMILES string of the molecule is NC(Cc1cnc[nH]1)C(=O)NCC(=O)NC(CO)C(=O)NC(CS)C(=O)O. The zero-order valence-corrected chi connectivity index (χ0v) is 15.1. The van der Waals surface area contributed by atoms with Crippen LogP contribution in [0, 0.1) is 0 Å². The summed E-state index contributed by atoms with van der Waals surface area (Å²) in [5, 5.41) is 24.7. The molecule has 0 saturated carbocycles. The lowest BCUT2D eigenvalue weighted by Gasteiger charge is -2.19. The molecule has 3 unspecified atom stereocenters. The molecule has 150 valence electrons. The van der Waals surface area contributed by atoms with Crippen molar-refractivity contribution < 1.29 is 29.4 Å². The third-order valence-corrected chi connectivity index (χ3v) is 3.75. The minimum Gasteiger partial charge on any atom is -0.480 e. The largest absolute Gasteiger partial charge is 0.480 e. The molecule has 0 radical (unpaired) electrons. The minimum absolute atomic E-state index is 0.169. The highest BCUT2D eigenvalue weighted by Gasteiger charge is 2.25. The molecular weight excluding hydrogens is 380 g/mol. The van der Waals surface area contributed by atoms with Crippen LogP contribution < -0.4 is 21.7 Å². The molecule has 0 aromatic carbocycles. The monoisotopic (exact) mass is 402 g/mol. The molecule has 0 bridgehead atoms. The van der Waals surface area contributed by atoms with Crippen LogP contribution in [0.4, 0.5) is 0 Å². The number of hydrogen-bond acceptors (Lipinski definition) is 8. The van der Waals surface area contributed by atoms with E-state index >= 15 is 0 Å². The Hall–Kier alpha value is -2.64. The quantitative estimate of drug-likeness (QED) is 0.173. The Morgan fingerprint density at radius 2 is 1.93 bits per heavy atom. The maximum Gasteiger partial charge on any atom is 0.327 e. The van der Waals surface area contributed by atoms with E-state index in [1.54, 1.807) is 0 Å². The van der Waals surface area contributed by atoms with Crippen molar-refractivity contribution in [1.82, 2.24) is 25.9 Å². The van der Waals surface area contributed by atoms with Crippen LogP contribution >= 0.6 is 12.6 Å². The van der Waals surface area contributed by atoms with Crippen LogP contribution in [0.2, 0.25) is 0 Å². The Morgan fingerprint density at radius 1 is 1.22 bits per heavy atom. The number of nitrogens with one attached hydrogen (secondary N) is 4. The number of nitrogens with zero attached hydrogens (tertiary/aromatic N) is 1. The first-order chi connectivity index (χ1) is 12.8. The fourth-order valence-corrected chi connectivity index (χ4v) is 2.17. The summed E-state index contributed by atoms with van der Waals surface area (Å²) in [5.74, 6) is -3.72. The molecule has 3 amide bonds. The molecule has 1 aromatic heterocycles. The third kappa shape index (κ3) is 7.64. The summed E-state index contributed by atoms with van der Waals surface area (Å²) in [6.45, 7) is -1.24. The van der Waals surface area contributed by atoms with Crippen LogP contribution in [0.3, 0.4) is 0 Å². The smallest absolute Gasteiger partial charge is 0.327 e. The highest BCUT2D eigenvalue weighted by Crippen LogP contribution is 1.96. The average Bonchev–Trinajstić information content (AvgIpc) is 3.14. The van der Waals surface area contributed by atoms with Crippen LogP contribution in [-0.4, -0.2) is 80.9 Å². The summed E-state index contributed by atoms with van der Waals surface area (Å²) < 4.78 is 0. The lowest BCUT2D eigenvalue weighted by molar-refractivity contribution is -0.141. The van der Waals surface area contributed by atoms with E-state index in [2.05, 4.69) is 38.5 Å². The maximum atomic E-state index is 11.9. The van der Waals surface area contributed by atoms with E-state index in [4.69, 9.17) is 10.8 Å². The Morgan fingerprint density at radius 3 is 2.44 bits per heavy atom. The molecule has 8 N–H and O–H groups in total. The predicted octanol–water partition coefficient (Wildman–Crippen LogP) is -3.63. The van der Waals surface area contributed by atoms with Crippen LogP contribution in [0.15, 0.2) is 12.5 Å². The third-order valence-electron chi connectivity index (χ3n) is 3.39. The molecule has 0 spiro atoms. The topological polar surface area (TPSA) is 200 Å². The Labute approximate surface area is 159 Å². The van der Waals surface area contributed by atoms with Crippen LogP contribution in [0.25, 0.3) is 0 Å². The van der Waals surface area contributed by atoms with E-state index in [1.165, 1.54) is 12.5 Å². The summed E-state index contributed by atoms with van der Waals surface area (Å²) in [6.07, 6.45) is 3.14. The highest BCUT2D eigenvalue weighted by molar-refractivity contribution is 7.80. The first kappa shape index (κ1) is 22.4. The average molecular weight is 402 g/mol. The summed E-state index contributed by atoms with van der Waals surface area (Å²) in [4.78, 5) is 53.1. The van der Waals surface area contributed by atoms with Gasteiger partial charge in [-0.2, -0.15) is 12.6 Å². The van der Waals surface area contributed by atoms with Gasteiger partial charge in [-0.1, -0.05) is 0 Å². The zero-order valence-electron chi connectivity index (χ0n) is 14.2. The van der Waals surface area contributed by atoms with Gasteiger partial charge in [0.2, 0.25) is 17.7 Å². The number of aromatic amines is 1. The maximum absolute atomic E-state index is 11.9. The van der Waals surface area contributed by atoms with Gasteiger partial charge in [-0.05, 0) is 0 Å². The molecule has 3 atom stereocenters. The van der Waals surface area contributed by atoms with Gasteiger partial charge in [-0.25, -0.2) is 9.78 Å². The Kier molecular flexibility index (Phi) is 9.25. The van der Waals surface area contributed by atoms with Crippen LogP contribution in [0.5, 0.6) is 0 Å². The number of aliphatic hydroxyl groups excluding tert-OH is 1. The van der Waals surface area contributed by atoms with Crippen molar-refractivity contribution in [2.45, 2.75) is 24.5 Å². The van der Waals surface area contributed by atoms with Gasteiger partial charge in [0.1, 0.15) is 12.1 Å². The number of hydrogen-bond donors (Lipinski definition) is 8. The number of carboxylic acid groups (broad SMARTS) is 1. The summed E-state index contributed by atoms with van der Waals surface area (Å²) in [6, 6.07) is -3.57. The number of carbonyl (C=O) groups is 4. The highest BCUT2D eigenvalue weighted by atomic mass is 32.1. The number of H-pyrrole nitrogens is 1. The summed E-state index contributed by atoms with van der Waals surface area (Å²) >= 11 is 3.79. The minimum atomic E-state index is -1.38. The molecule has 0 aliphatic heterocycles. The molecule has 12 nitrogen and oxygen atoms in total. The zero-order chi connectivity index (χ0) is 20.4. The molecular formula is C14H22N6O6S.